The highest BCUT2D eigenvalue weighted by Gasteiger charge is 2.51. The Morgan fingerprint density at radius 1 is 0.794 bits per heavy atom. The van der Waals surface area contributed by atoms with Gasteiger partial charge in [0.05, 0.1) is 0 Å². The van der Waals surface area contributed by atoms with Gasteiger partial charge in [0, 0.05) is 6.04 Å². The molecule has 2 aliphatic rings. The molecule has 3 N–H and O–H groups in total. The Kier molecular flexibility index (Phi) is 11.3. The predicted octanol–water partition coefficient (Wildman–Crippen LogP) is 5.27. The number of hydrogen-bond donors (Lipinski definition) is 2. The molecule has 1 atom stereocenters. The third-order valence-corrected chi connectivity index (χ3v) is 6.36. The van der Waals surface area contributed by atoms with Gasteiger partial charge in [-0.2, -0.15) is 0 Å². The van der Waals surface area contributed by atoms with E-state index in [2.05, 4.69) is 0 Å². The number of aliphatic carboxylic acids is 1. The van der Waals surface area contributed by atoms with E-state index >= 15 is 0 Å². The van der Waals surface area contributed by atoms with E-state index in [1.54, 1.807) is 41.5 Å². The van der Waals surface area contributed by atoms with Crippen LogP contribution in [0.1, 0.15) is 113 Å². The van der Waals surface area contributed by atoms with Crippen molar-refractivity contribution in [1.29, 1.82) is 0 Å². The number of ether oxygens (including phenoxy) is 2. The highest BCUT2D eigenvalue weighted by atomic mass is 16.6. The van der Waals surface area contributed by atoms with Crippen molar-refractivity contribution in [1.82, 2.24) is 4.90 Å². The van der Waals surface area contributed by atoms with Crippen molar-refractivity contribution >= 4 is 18.0 Å². The maximum atomic E-state index is 12.9. The molecule has 0 spiro atoms. The van der Waals surface area contributed by atoms with E-state index in [0.29, 0.717) is 18.9 Å². The van der Waals surface area contributed by atoms with E-state index in [-0.39, 0.29) is 5.92 Å². The molecule has 2 saturated carbocycles. The second-order valence-corrected chi connectivity index (χ2v) is 11.8. The Labute approximate surface area is 205 Å². The van der Waals surface area contributed by atoms with Crippen LogP contribution in [-0.4, -0.2) is 57.4 Å². The van der Waals surface area contributed by atoms with E-state index in [4.69, 9.17) is 15.2 Å². The molecule has 198 valence electrons. The van der Waals surface area contributed by atoms with Gasteiger partial charge in [-0.15, -0.1) is 0 Å². The zero-order valence-corrected chi connectivity index (χ0v) is 22.4. The minimum atomic E-state index is -1.54. The summed E-state index contributed by atoms with van der Waals surface area (Å²) in [6, 6.07) is 0.536. The maximum Gasteiger partial charge on any atom is 0.411 e. The molecule has 0 saturated heterocycles. The summed E-state index contributed by atoms with van der Waals surface area (Å²) < 4.78 is 10.8. The van der Waals surface area contributed by atoms with E-state index in [1.807, 2.05) is 0 Å². The highest BCUT2D eigenvalue weighted by molar-refractivity contribution is 5.87. The first kappa shape index (κ1) is 30.2. The fraction of sp³-hybridized carbons (Fsp3) is 0.885. The number of carbonyl (C=O) groups excluding carboxylic acids is 2. The van der Waals surface area contributed by atoms with Crippen LogP contribution < -0.4 is 5.73 Å². The van der Waals surface area contributed by atoms with Gasteiger partial charge >= 0.3 is 18.0 Å². The molecule has 8 nitrogen and oxygen atoms in total. The molecule has 2 aliphatic carbocycles. The van der Waals surface area contributed by atoms with Crippen LogP contribution in [0.4, 0.5) is 4.79 Å². The number of nitrogens with zero attached hydrogens (tertiary/aromatic N) is 1. The van der Waals surface area contributed by atoms with Crippen LogP contribution in [0, 0.1) is 5.92 Å². The van der Waals surface area contributed by atoms with Crippen molar-refractivity contribution in [3.8, 4) is 0 Å². The first-order valence-corrected chi connectivity index (χ1v) is 12.8. The number of carboxylic acids is 1. The highest BCUT2D eigenvalue weighted by Crippen LogP contribution is 2.37. The van der Waals surface area contributed by atoms with Gasteiger partial charge in [0.15, 0.2) is 0 Å². The van der Waals surface area contributed by atoms with Gasteiger partial charge in [0.25, 0.3) is 0 Å². The molecule has 0 radical (unpaired) electrons. The topological polar surface area (TPSA) is 119 Å². The minimum Gasteiger partial charge on any atom is -0.479 e. The summed E-state index contributed by atoms with van der Waals surface area (Å²) in [5, 5.41) is 10.0. The van der Waals surface area contributed by atoms with E-state index in [9.17, 15) is 19.5 Å². The summed E-state index contributed by atoms with van der Waals surface area (Å²) in [4.78, 5) is 38.7. The summed E-state index contributed by atoms with van der Waals surface area (Å²) >= 11 is 0. The Bertz CT molecular complexity index is 670. The van der Waals surface area contributed by atoms with Crippen LogP contribution >= 0.6 is 0 Å². The Morgan fingerprint density at radius 2 is 1.24 bits per heavy atom. The monoisotopic (exact) mass is 484 g/mol. The molecule has 2 fully saturated rings. The molecule has 0 aromatic heterocycles. The Balaban J connectivity index is 0.000000700. The fourth-order valence-corrected chi connectivity index (χ4v) is 4.55. The number of hydrogen-bond acceptors (Lipinski definition) is 6. The van der Waals surface area contributed by atoms with Gasteiger partial charge in [-0.3, -0.25) is 9.69 Å². The molecule has 0 unspecified atom stereocenters. The van der Waals surface area contributed by atoms with Gasteiger partial charge in [-0.05, 0) is 80.1 Å². The van der Waals surface area contributed by atoms with E-state index in [1.165, 1.54) is 39.0 Å². The number of carbonyl (C=O) groups is 3. The number of esters is 1. The SMILES string of the molecule is CC(C)(C)OC(=O)CN(C(=O)OC(C)(C)C)[C@@](C)(C(=O)O)C1CCCCC1.NC1CCCCC1. The van der Waals surface area contributed by atoms with E-state index < -0.39 is 41.3 Å². The van der Waals surface area contributed by atoms with Gasteiger partial charge in [-0.1, -0.05) is 38.5 Å². The van der Waals surface area contributed by atoms with E-state index in [0.717, 1.165) is 24.2 Å². The van der Waals surface area contributed by atoms with Gasteiger partial charge in [-0.25, -0.2) is 9.59 Å². The number of carboxylic acid groups (broad SMARTS) is 1. The summed E-state index contributed by atoms with van der Waals surface area (Å²) in [6.07, 6.45) is 10.1. The first-order chi connectivity index (χ1) is 15.6. The number of amides is 1. The van der Waals surface area contributed by atoms with Crippen LogP contribution in [0.25, 0.3) is 0 Å². The Hall–Kier alpha value is -1.83. The zero-order chi connectivity index (χ0) is 26.2. The maximum absolute atomic E-state index is 12.9. The van der Waals surface area contributed by atoms with Crippen LogP contribution in [0.2, 0.25) is 0 Å². The van der Waals surface area contributed by atoms with Gasteiger partial charge < -0.3 is 20.3 Å². The standard InChI is InChI=1S/C20H35NO6.C6H13N/c1-18(2,3)26-15(22)13-21(17(25)27-19(4,5)6)20(7,16(23)24)14-11-9-8-10-12-14;7-6-4-2-1-3-5-6/h14H,8-13H2,1-7H3,(H,23,24);6H,1-5,7H2/t20-;/m1./s1. The smallest absolute Gasteiger partial charge is 0.411 e. The molecule has 1 amide bonds. The lowest BCUT2D eigenvalue weighted by molar-refractivity contribution is -0.164. The average molecular weight is 485 g/mol. The molecule has 0 aromatic carbocycles. The lowest BCUT2D eigenvalue weighted by atomic mass is 9.74. The summed E-state index contributed by atoms with van der Waals surface area (Å²) in [6.45, 7) is 11.3. The summed E-state index contributed by atoms with van der Waals surface area (Å²) in [5.74, 6) is -2.04. The van der Waals surface area contributed by atoms with Gasteiger partial charge in [0.1, 0.15) is 23.3 Å². The van der Waals surface area contributed by atoms with Crippen molar-refractivity contribution < 1.29 is 29.0 Å². The Morgan fingerprint density at radius 3 is 1.59 bits per heavy atom. The number of rotatable bonds is 5. The van der Waals surface area contributed by atoms with Crippen molar-refractivity contribution in [3.05, 3.63) is 0 Å². The molecule has 8 heteroatoms. The first-order valence-electron chi connectivity index (χ1n) is 12.8. The van der Waals surface area contributed by atoms with Crippen molar-refractivity contribution in [2.24, 2.45) is 11.7 Å². The van der Waals surface area contributed by atoms with Crippen molar-refractivity contribution in [2.75, 3.05) is 6.54 Å². The van der Waals surface area contributed by atoms with Crippen molar-refractivity contribution in [3.63, 3.8) is 0 Å². The second-order valence-electron chi connectivity index (χ2n) is 11.8. The second kappa shape index (κ2) is 12.8. The summed E-state index contributed by atoms with van der Waals surface area (Å²) in [7, 11) is 0. The molecule has 34 heavy (non-hydrogen) atoms. The van der Waals surface area contributed by atoms with Crippen LogP contribution in [0.15, 0.2) is 0 Å². The molecule has 0 aromatic rings. The minimum absolute atomic E-state index is 0.251. The van der Waals surface area contributed by atoms with Crippen LogP contribution in [-0.2, 0) is 19.1 Å². The zero-order valence-electron chi connectivity index (χ0n) is 22.4. The fourth-order valence-electron chi connectivity index (χ4n) is 4.55. The quantitative estimate of drug-likeness (QED) is 0.510. The number of nitrogens with two attached hydrogens (primary N) is 1. The van der Waals surface area contributed by atoms with Crippen molar-refractivity contribution in [2.45, 2.75) is 135 Å². The summed E-state index contributed by atoms with van der Waals surface area (Å²) in [5.41, 5.74) is 2.55. The molecule has 2 rings (SSSR count). The predicted molar refractivity (Wildman–Crippen MR) is 132 cm³/mol. The molecular formula is C26H48N2O6. The normalized spacial score (nSPS) is 19.8. The third-order valence-electron chi connectivity index (χ3n) is 6.36. The van der Waals surface area contributed by atoms with Crippen LogP contribution in [0.3, 0.4) is 0 Å². The average Bonchev–Trinajstić information content (AvgIpc) is 2.70. The van der Waals surface area contributed by atoms with Crippen LogP contribution in [0.5, 0.6) is 0 Å². The lowest BCUT2D eigenvalue weighted by Gasteiger charge is -2.44. The molecular weight excluding hydrogens is 436 g/mol. The molecule has 0 aliphatic heterocycles. The van der Waals surface area contributed by atoms with Gasteiger partial charge in [0.2, 0.25) is 0 Å². The lowest BCUT2D eigenvalue weighted by Crippen LogP contribution is -2.62. The molecule has 0 bridgehead atoms. The third kappa shape index (κ3) is 10.2. The molecule has 0 heterocycles. The largest absolute Gasteiger partial charge is 0.479 e.